The zero-order valence-electron chi connectivity index (χ0n) is 17.0. The largest absolute Gasteiger partial charge is 0.309 e. The summed E-state index contributed by atoms with van der Waals surface area (Å²) in [6, 6.07) is 21.2. The van der Waals surface area contributed by atoms with Crippen molar-refractivity contribution < 1.29 is 16.8 Å². The third-order valence-electron chi connectivity index (χ3n) is 5.40. The van der Waals surface area contributed by atoms with Gasteiger partial charge in [0.2, 0.25) is 0 Å². The van der Waals surface area contributed by atoms with Gasteiger partial charge in [-0.2, -0.15) is 0 Å². The van der Waals surface area contributed by atoms with E-state index in [1.54, 1.807) is 30.3 Å². The summed E-state index contributed by atoms with van der Waals surface area (Å²) in [5, 5.41) is 2.22. The van der Waals surface area contributed by atoms with Gasteiger partial charge in [-0.25, -0.2) is 16.8 Å². The second kappa shape index (κ2) is 9.12. The van der Waals surface area contributed by atoms with Crippen molar-refractivity contribution in [2.45, 2.75) is 35.1 Å². The molecule has 1 atom stereocenters. The number of aryl methyl sites for hydroxylation is 1. The van der Waals surface area contributed by atoms with Crippen LogP contribution >= 0.6 is 12.4 Å². The van der Waals surface area contributed by atoms with Gasteiger partial charge in [0.15, 0.2) is 19.7 Å². The molecule has 0 bridgehead atoms. The van der Waals surface area contributed by atoms with Crippen molar-refractivity contribution >= 4 is 32.1 Å². The number of halogens is 1. The Morgan fingerprint density at radius 3 is 2.26 bits per heavy atom. The maximum absolute atomic E-state index is 13.3. The number of nitrogens with one attached hydrogen (secondary N) is 1. The van der Waals surface area contributed by atoms with E-state index in [-0.39, 0.29) is 22.2 Å². The third kappa shape index (κ3) is 4.70. The molecule has 3 aromatic carbocycles. The number of rotatable bonds is 6. The van der Waals surface area contributed by atoms with Crippen molar-refractivity contribution in [3.8, 4) is 0 Å². The highest BCUT2D eigenvalue weighted by atomic mass is 35.5. The van der Waals surface area contributed by atoms with Gasteiger partial charge in [0.05, 0.1) is 15.5 Å². The van der Waals surface area contributed by atoms with Crippen molar-refractivity contribution in [1.29, 1.82) is 0 Å². The minimum atomic E-state index is -3.83. The summed E-state index contributed by atoms with van der Waals surface area (Å²) in [7, 11) is -7.49. The Balaban J connectivity index is 0.00000272. The van der Waals surface area contributed by atoms with Gasteiger partial charge >= 0.3 is 0 Å². The van der Waals surface area contributed by atoms with Crippen LogP contribution in [0.4, 0.5) is 0 Å². The highest BCUT2D eigenvalue weighted by Gasteiger charge is 2.44. The quantitative estimate of drug-likeness (QED) is 0.580. The molecular weight excluding hydrogens is 454 g/mol. The number of benzene rings is 3. The average Bonchev–Trinajstić information content (AvgIpc) is 3.03. The molecule has 31 heavy (non-hydrogen) atoms. The van der Waals surface area contributed by atoms with E-state index < -0.39 is 30.7 Å². The van der Waals surface area contributed by atoms with Gasteiger partial charge in [-0.1, -0.05) is 60.2 Å². The van der Waals surface area contributed by atoms with Gasteiger partial charge in [0, 0.05) is 13.1 Å². The second-order valence-electron chi connectivity index (χ2n) is 7.55. The highest BCUT2D eigenvalue weighted by Crippen LogP contribution is 2.42. The van der Waals surface area contributed by atoms with Gasteiger partial charge < -0.3 is 5.32 Å². The minimum Gasteiger partial charge on any atom is -0.309 e. The first-order valence-corrected chi connectivity index (χ1v) is 12.9. The Morgan fingerprint density at radius 1 is 0.903 bits per heavy atom. The summed E-state index contributed by atoms with van der Waals surface area (Å²) in [6.45, 7) is 3.01. The minimum absolute atomic E-state index is 0. The van der Waals surface area contributed by atoms with Crippen molar-refractivity contribution in [2.24, 2.45) is 0 Å². The molecule has 0 amide bonds. The number of hydrogen-bond acceptors (Lipinski definition) is 5. The molecule has 1 unspecified atom stereocenters. The normalized spacial score (nSPS) is 17.0. The van der Waals surface area contributed by atoms with Gasteiger partial charge in [-0.15, -0.1) is 12.4 Å². The number of sulfone groups is 2. The average molecular weight is 478 g/mol. The Labute approximate surface area is 189 Å². The second-order valence-corrected chi connectivity index (χ2v) is 11.7. The van der Waals surface area contributed by atoms with Crippen molar-refractivity contribution in [2.75, 3.05) is 5.75 Å². The fourth-order valence-electron chi connectivity index (χ4n) is 3.82. The molecule has 8 heteroatoms. The zero-order chi connectivity index (χ0) is 21.4. The first kappa shape index (κ1) is 23.5. The van der Waals surface area contributed by atoms with Crippen LogP contribution in [-0.4, -0.2) is 22.6 Å². The van der Waals surface area contributed by atoms with Gasteiger partial charge in [0.1, 0.15) is 5.25 Å². The molecule has 1 heterocycles. The molecule has 1 aliphatic rings. The molecule has 0 aromatic heterocycles. The molecule has 0 saturated heterocycles. The lowest BCUT2D eigenvalue weighted by molar-refractivity contribution is 0.581. The Morgan fingerprint density at radius 2 is 1.58 bits per heavy atom. The van der Waals surface area contributed by atoms with E-state index >= 15 is 0 Å². The molecule has 3 aromatic rings. The molecule has 1 N–H and O–H groups in total. The molecule has 0 radical (unpaired) electrons. The highest BCUT2D eigenvalue weighted by molar-refractivity contribution is 7.96. The van der Waals surface area contributed by atoms with Crippen LogP contribution in [0.3, 0.4) is 0 Å². The predicted molar refractivity (Wildman–Crippen MR) is 124 cm³/mol. The van der Waals surface area contributed by atoms with Crippen LogP contribution in [0, 0.1) is 6.92 Å². The van der Waals surface area contributed by atoms with Crippen LogP contribution in [0.15, 0.2) is 82.6 Å². The number of fused-ring (bicyclic) bond motifs is 1. The SMILES string of the molecule is Cc1ccc(CNCc2cccc3c2C(S(=O)(=O)c2ccccc2)CS3(=O)=O)cc1.Cl. The lowest BCUT2D eigenvalue weighted by Crippen LogP contribution is -2.19. The maximum Gasteiger partial charge on any atom is 0.186 e. The summed E-state index contributed by atoms with van der Waals surface area (Å²) < 4.78 is 52.0. The lowest BCUT2D eigenvalue weighted by atomic mass is 10.0. The Bertz CT molecular complexity index is 1270. The summed E-state index contributed by atoms with van der Waals surface area (Å²) in [6.07, 6.45) is 0. The Hall–Kier alpha value is -2.19. The molecule has 0 spiro atoms. The zero-order valence-corrected chi connectivity index (χ0v) is 19.4. The smallest absolute Gasteiger partial charge is 0.186 e. The van der Waals surface area contributed by atoms with Gasteiger partial charge in [-0.3, -0.25) is 0 Å². The predicted octanol–water partition coefficient (Wildman–Crippen LogP) is 4.01. The van der Waals surface area contributed by atoms with Crippen LogP contribution in [0.1, 0.15) is 27.5 Å². The molecule has 0 fully saturated rings. The lowest BCUT2D eigenvalue weighted by Gasteiger charge is -2.16. The maximum atomic E-state index is 13.3. The molecule has 164 valence electrons. The summed E-state index contributed by atoms with van der Waals surface area (Å²) in [4.78, 5) is 0.266. The topological polar surface area (TPSA) is 80.3 Å². The van der Waals surface area contributed by atoms with Gasteiger partial charge in [0.25, 0.3) is 0 Å². The van der Waals surface area contributed by atoms with E-state index in [4.69, 9.17) is 0 Å². The first-order valence-electron chi connectivity index (χ1n) is 9.69. The summed E-state index contributed by atoms with van der Waals surface area (Å²) in [5.41, 5.74) is 3.39. The van der Waals surface area contributed by atoms with E-state index in [0.717, 1.165) is 5.56 Å². The number of hydrogen-bond donors (Lipinski definition) is 1. The first-order chi connectivity index (χ1) is 14.3. The van der Waals surface area contributed by atoms with E-state index in [1.807, 2.05) is 31.2 Å². The molecule has 0 saturated carbocycles. The van der Waals surface area contributed by atoms with Crippen LogP contribution in [0.25, 0.3) is 0 Å². The fourth-order valence-corrected chi connectivity index (χ4v) is 8.24. The van der Waals surface area contributed by atoms with Crippen LogP contribution in [-0.2, 0) is 32.8 Å². The van der Waals surface area contributed by atoms with Crippen LogP contribution < -0.4 is 5.32 Å². The standard InChI is InChI=1S/C23H23NO4S2.ClH/c1-17-10-12-18(13-11-17)14-24-15-19-6-5-9-21-23(19)22(16-29(21,25)26)30(27,28)20-7-3-2-4-8-20;/h2-13,22,24H,14-16H2,1H3;1H. The fraction of sp³-hybridized carbons (Fsp3) is 0.217. The van der Waals surface area contributed by atoms with Crippen LogP contribution in [0.2, 0.25) is 0 Å². The van der Waals surface area contributed by atoms with E-state index in [0.29, 0.717) is 24.2 Å². The summed E-state index contributed by atoms with van der Waals surface area (Å²) in [5.74, 6) is -0.422. The van der Waals surface area contributed by atoms with Gasteiger partial charge in [-0.05, 0) is 41.8 Å². The molecule has 4 rings (SSSR count). The van der Waals surface area contributed by atoms with E-state index in [1.165, 1.54) is 23.8 Å². The van der Waals surface area contributed by atoms with Crippen molar-refractivity contribution in [3.05, 3.63) is 95.1 Å². The summed E-state index contributed by atoms with van der Waals surface area (Å²) >= 11 is 0. The molecule has 5 nitrogen and oxygen atoms in total. The Kier molecular flexibility index (Phi) is 6.91. The molecule has 1 aliphatic heterocycles. The monoisotopic (exact) mass is 477 g/mol. The van der Waals surface area contributed by atoms with E-state index in [2.05, 4.69) is 5.32 Å². The van der Waals surface area contributed by atoms with Crippen molar-refractivity contribution in [1.82, 2.24) is 5.32 Å². The van der Waals surface area contributed by atoms with Crippen LogP contribution in [0.5, 0.6) is 0 Å². The molecular formula is C23H24ClNO4S2. The van der Waals surface area contributed by atoms with E-state index in [9.17, 15) is 16.8 Å². The van der Waals surface area contributed by atoms with Crippen molar-refractivity contribution in [3.63, 3.8) is 0 Å². The molecule has 0 aliphatic carbocycles. The third-order valence-corrected chi connectivity index (χ3v) is 9.49.